The Bertz CT molecular complexity index is 598. The first-order valence-corrected chi connectivity index (χ1v) is 11.2. The Morgan fingerprint density at radius 3 is 2.41 bits per heavy atom. The van der Waals surface area contributed by atoms with E-state index in [1.54, 1.807) is 5.57 Å². The van der Waals surface area contributed by atoms with Crippen LogP contribution >= 0.6 is 0 Å². The third-order valence-corrected chi connectivity index (χ3v) is 7.87. The van der Waals surface area contributed by atoms with Crippen molar-refractivity contribution in [1.82, 2.24) is 0 Å². The lowest BCUT2D eigenvalue weighted by Gasteiger charge is -2.44. The predicted molar refractivity (Wildman–Crippen MR) is 113 cm³/mol. The molecule has 2 heteroatoms. The zero-order valence-corrected chi connectivity index (χ0v) is 17.9. The van der Waals surface area contributed by atoms with Crippen molar-refractivity contribution in [3.63, 3.8) is 0 Å². The van der Waals surface area contributed by atoms with E-state index in [4.69, 9.17) is 0 Å². The fraction of sp³-hybridized carbons (Fsp3) is 0.760. The first-order valence-electron chi connectivity index (χ1n) is 11.2. The maximum absolute atomic E-state index is 10.1. The molecule has 3 aliphatic carbocycles. The van der Waals surface area contributed by atoms with E-state index in [0.29, 0.717) is 23.8 Å². The lowest BCUT2D eigenvalue weighted by molar-refractivity contribution is 0.0893. The van der Waals surface area contributed by atoms with Gasteiger partial charge in [0.1, 0.15) is 0 Å². The molecule has 2 N–H and O–H groups in total. The number of fused-ring (bicyclic) bond motifs is 1. The first-order chi connectivity index (χ1) is 12.7. The number of aliphatic hydroxyl groups excluding tert-OH is 2. The summed E-state index contributed by atoms with van der Waals surface area (Å²) in [5, 5.41) is 20.2. The van der Waals surface area contributed by atoms with E-state index in [-0.39, 0.29) is 0 Å². The summed E-state index contributed by atoms with van der Waals surface area (Å²) in [7, 11) is 0. The van der Waals surface area contributed by atoms with Crippen LogP contribution in [0.1, 0.15) is 79.1 Å². The summed E-state index contributed by atoms with van der Waals surface area (Å²) in [6.45, 7) is 13.6. The average Bonchev–Trinajstić information content (AvgIpc) is 2.94. The summed E-state index contributed by atoms with van der Waals surface area (Å²) in [6.07, 6.45) is 12.5. The molecular weight excluding hydrogens is 332 g/mol. The highest BCUT2D eigenvalue weighted by Crippen LogP contribution is 2.60. The molecule has 0 aromatic rings. The van der Waals surface area contributed by atoms with Crippen LogP contribution in [0.15, 0.2) is 35.5 Å². The van der Waals surface area contributed by atoms with E-state index in [1.807, 2.05) is 0 Å². The summed E-state index contributed by atoms with van der Waals surface area (Å²) in [5.74, 6) is 3.16. The van der Waals surface area contributed by atoms with Gasteiger partial charge in [0.05, 0.1) is 12.2 Å². The van der Waals surface area contributed by atoms with Crippen LogP contribution in [-0.2, 0) is 0 Å². The second-order valence-corrected chi connectivity index (χ2v) is 10.3. The Kier molecular flexibility index (Phi) is 6.37. The van der Waals surface area contributed by atoms with Gasteiger partial charge in [0, 0.05) is 0 Å². The number of rotatable bonds is 4. The number of hydrogen-bond donors (Lipinski definition) is 2. The SMILES string of the molecule is C=C1[C@H](O)CC(=C/C=C2\CCC[C@@]3(C)C2CC[C@@H]3C(C)CC(C)C)C[C@H]1O. The monoisotopic (exact) mass is 372 g/mol. The van der Waals surface area contributed by atoms with Crippen molar-refractivity contribution in [2.24, 2.45) is 29.1 Å². The Hall–Kier alpha value is -0.860. The summed E-state index contributed by atoms with van der Waals surface area (Å²) < 4.78 is 0. The van der Waals surface area contributed by atoms with Gasteiger partial charge in [-0.25, -0.2) is 0 Å². The Morgan fingerprint density at radius 1 is 1.11 bits per heavy atom. The molecular formula is C25H40O2. The number of aliphatic hydroxyl groups is 2. The van der Waals surface area contributed by atoms with Crippen LogP contribution in [0.5, 0.6) is 0 Å². The maximum Gasteiger partial charge on any atom is 0.0809 e. The average molecular weight is 373 g/mol. The van der Waals surface area contributed by atoms with Gasteiger partial charge in [0.25, 0.3) is 0 Å². The van der Waals surface area contributed by atoms with Crippen LogP contribution in [0.4, 0.5) is 0 Å². The highest BCUT2D eigenvalue weighted by Gasteiger charge is 2.50. The standard InChI is InChI=1S/C25H40O2/c1-16(2)13-17(3)21-10-11-22-20(7-6-12-25(21,22)5)9-8-19-14-23(26)18(4)24(27)15-19/h8-9,16-17,21-24,26-27H,4,6-7,10-15H2,1-3,5H3/b20-9+/t17?,21-,22?,23-,24-,25-/m1/s1. The van der Waals surface area contributed by atoms with Gasteiger partial charge in [0.15, 0.2) is 0 Å². The molecule has 2 nitrogen and oxygen atoms in total. The Labute approximate surface area is 166 Å². The molecule has 0 aromatic carbocycles. The van der Waals surface area contributed by atoms with Crippen molar-refractivity contribution in [2.75, 3.05) is 0 Å². The van der Waals surface area contributed by atoms with E-state index in [9.17, 15) is 10.2 Å². The van der Waals surface area contributed by atoms with Crippen LogP contribution in [0.3, 0.4) is 0 Å². The molecule has 6 atom stereocenters. The molecule has 3 fully saturated rings. The highest BCUT2D eigenvalue weighted by atomic mass is 16.3. The van der Waals surface area contributed by atoms with Crippen molar-refractivity contribution < 1.29 is 10.2 Å². The summed E-state index contributed by atoms with van der Waals surface area (Å²) in [6, 6.07) is 0. The largest absolute Gasteiger partial charge is 0.388 e. The minimum atomic E-state index is -0.595. The first kappa shape index (κ1) is 20.9. The third kappa shape index (κ3) is 4.27. The second-order valence-electron chi connectivity index (χ2n) is 10.3. The molecule has 0 aliphatic heterocycles. The van der Waals surface area contributed by atoms with E-state index in [2.05, 4.69) is 46.4 Å². The van der Waals surface area contributed by atoms with E-state index < -0.39 is 12.2 Å². The molecule has 0 heterocycles. The topological polar surface area (TPSA) is 40.5 Å². The van der Waals surface area contributed by atoms with Crippen LogP contribution < -0.4 is 0 Å². The quantitative estimate of drug-likeness (QED) is 0.611. The fourth-order valence-corrected chi connectivity index (χ4v) is 6.55. The lowest BCUT2D eigenvalue weighted by atomic mass is 9.60. The normalized spacial score (nSPS) is 39.7. The van der Waals surface area contributed by atoms with E-state index in [1.165, 1.54) is 38.5 Å². The Morgan fingerprint density at radius 2 is 1.78 bits per heavy atom. The van der Waals surface area contributed by atoms with Gasteiger partial charge < -0.3 is 10.2 Å². The van der Waals surface area contributed by atoms with Crippen molar-refractivity contribution in [3.05, 3.63) is 35.5 Å². The molecule has 3 saturated carbocycles. The maximum atomic E-state index is 10.1. The fourth-order valence-electron chi connectivity index (χ4n) is 6.55. The lowest BCUT2D eigenvalue weighted by Crippen LogP contribution is -2.36. The molecule has 0 saturated heterocycles. The molecule has 0 aromatic heterocycles. The summed E-state index contributed by atoms with van der Waals surface area (Å²) in [5.41, 5.74) is 3.80. The van der Waals surface area contributed by atoms with Crippen molar-refractivity contribution in [2.45, 2.75) is 91.3 Å². The van der Waals surface area contributed by atoms with Crippen molar-refractivity contribution in [1.29, 1.82) is 0 Å². The number of hydrogen-bond acceptors (Lipinski definition) is 2. The third-order valence-electron chi connectivity index (χ3n) is 7.87. The zero-order chi connectivity index (χ0) is 19.8. The van der Waals surface area contributed by atoms with Crippen molar-refractivity contribution in [3.8, 4) is 0 Å². The summed E-state index contributed by atoms with van der Waals surface area (Å²) in [4.78, 5) is 0. The molecule has 0 amide bonds. The number of allylic oxidation sites excluding steroid dienone is 3. The zero-order valence-electron chi connectivity index (χ0n) is 17.9. The van der Waals surface area contributed by atoms with Crippen molar-refractivity contribution >= 4 is 0 Å². The van der Waals surface area contributed by atoms with Crippen LogP contribution in [0.2, 0.25) is 0 Å². The molecule has 0 spiro atoms. The van der Waals surface area contributed by atoms with Gasteiger partial charge in [-0.1, -0.05) is 57.6 Å². The van der Waals surface area contributed by atoms with Gasteiger partial charge in [-0.15, -0.1) is 0 Å². The van der Waals surface area contributed by atoms with E-state index in [0.717, 1.165) is 29.2 Å². The minimum Gasteiger partial charge on any atom is -0.388 e. The van der Waals surface area contributed by atoms with E-state index >= 15 is 0 Å². The smallest absolute Gasteiger partial charge is 0.0809 e. The summed E-state index contributed by atoms with van der Waals surface area (Å²) >= 11 is 0. The Balaban J connectivity index is 1.76. The molecule has 0 radical (unpaired) electrons. The molecule has 0 bridgehead atoms. The van der Waals surface area contributed by atoms with Crippen LogP contribution in [-0.4, -0.2) is 22.4 Å². The van der Waals surface area contributed by atoms with Gasteiger partial charge in [-0.2, -0.15) is 0 Å². The van der Waals surface area contributed by atoms with Gasteiger partial charge in [-0.05, 0) is 86.0 Å². The van der Waals surface area contributed by atoms with Crippen LogP contribution in [0, 0.1) is 29.1 Å². The molecule has 27 heavy (non-hydrogen) atoms. The predicted octanol–water partition coefficient (Wildman–Crippen LogP) is 5.81. The van der Waals surface area contributed by atoms with Crippen LogP contribution in [0.25, 0.3) is 0 Å². The molecule has 3 rings (SSSR count). The van der Waals surface area contributed by atoms with Gasteiger partial charge in [0.2, 0.25) is 0 Å². The van der Waals surface area contributed by atoms with Gasteiger partial charge in [-0.3, -0.25) is 0 Å². The molecule has 2 unspecified atom stereocenters. The van der Waals surface area contributed by atoms with Gasteiger partial charge >= 0.3 is 0 Å². The highest BCUT2D eigenvalue weighted by molar-refractivity contribution is 5.29. The molecule has 3 aliphatic rings. The molecule has 152 valence electrons. The minimum absolute atomic E-state index is 0.455. The second kappa shape index (κ2) is 8.25.